The third-order valence-electron chi connectivity index (χ3n) is 3.06. The normalized spacial score (nSPS) is 43.9. The van der Waals surface area contributed by atoms with E-state index >= 15 is 0 Å². The second-order valence-corrected chi connectivity index (χ2v) is 5.10. The Morgan fingerprint density at radius 3 is 1.82 bits per heavy atom. The first kappa shape index (κ1) is 9.05. The Hall–Kier alpha value is -0.0400. The van der Waals surface area contributed by atoms with Crippen LogP contribution in [0, 0.1) is 17.3 Å². The van der Waals surface area contributed by atoms with Crippen LogP contribution >= 0.6 is 0 Å². The molecular weight excluding hydrogens is 134 g/mol. The van der Waals surface area contributed by atoms with Crippen LogP contribution in [0.15, 0.2) is 0 Å². The van der Waals surface area contributed by atoms with Crippen LogP contribution in [0.5, 0.6) is 0 Å². The van der Waals surface area contributed by atoms with E-state index in [1.807, 2.05) is 0 Å². The molecule has 0 saturated heterocycles. The minimum absolute atomic E-state index is 0.433. The minimum Gasteiger partial charge on any atom is -0.327 e. The van der Waals surface area contributed by atoms with Crippen molar-refractivity contribution < 1.29 is 0 Å². The van der Waals surface area contributed by atoms with Gasteiger partial charge in [0, 0.05) is 6.04 Å². The molecule has 2 atom stereocenters. The van der Waals surface area contributed by atoms with Crippen molar-refractivity contribution in [2.24, 2.45) is 23.0 Å². The van der Waals surface area contributed by atoms with Gasteiger partial charge in [0.15, 0.2) is 0 Å². The molecule has 1 heteroatoms. The smallest absolute Gasteiger partial charge is 0.00907 e. The Bertz CT molecular complexity index is 126. The predicted octanol–water partition coefficient (Wildman–Crippen LogP) is 2.41. The Labute approximate surface area is 70.4 Å². The molecule has 0 aromatic carbocycles. The Kier molecular flexibility index (Phi) is 2.29. The zero-order valence-electron chi connectivity index (χ0n) is 8.22. The second kappa shape index (κ2) is 2.78. The predicted molar refractivity (Wildman–Crippen MR) is 49.3 cm³/mol. The van der Waals surface area contributed by atoms with Gasteiger partial charge in [0.05, 0.1) is 0 Å². The summed E-state index contributed by atoms with van der Waals surface area (Å²) in [6, 6.07) is 0.433. The summed E-state index contributed by atoms with van der Waals surface area (Å²) in [6.07, 6.45) is 2.58. The van der Waals surface area contributed by atoms with Crippen molar-refractivity contribution in [2.45, 2.75) is 46.6 Å². The molecule has 1 aliphatic carbocycles. The molecule has 1 rings (SSSR count). The van der Waals surface area contributed by atoms with Crippen molar-refractivity contribution in [3.8, 4) is 0 Å². The molecule has 0 aromatic heterocycles. The molecule has 0 heterocycles. The first-order valence-electron chi connectivity index (χ1n) is 4.68. The fraction of sp³-hybridized carbons (Fsp3) is 1.00. The van der Waals surface area contributed by atoms with E-state index in [9.17, 15) is 0 Å². The monoisotopic (exact) mass is 155 g/mol. The molecular formula is C10H21N. The molecule has 2 N–H and O–H groups in total. The molecule has 0 aliphatic heterocycles. The lowest BCUT2D eigenvalue weighted by Crippen LogP contribution is -2.43. The van der Waals surface area contributed by atoms with Crippen molar-refractivity contribution in [3.63, 3.8) is 0 Å². The largest absolute Gasteiger partial charge is 0.327 e. The van der Waals surface area contributed by atoms with Crippen molar-refractivity contribution in [1.29, 1.82) is 0 Å². The zero-order valence-corrected chi connectivity index (χ0v) is 8.22. The van der Waals surface area contributed by atoms with E-state index in [-0.39, 0.29) is 0 Å². The van der Waals surface area contributed by atoms with E-state index in [0.717, 1.165) is 0 Å². The average molecular weight is 155 g/mol. The van der Waals surface area contributed by atoms with Crippen LogP contribution < -0.4 is 5.73 Å². The Morgan fingerprint density at radius 1 is 1.09 bits per heavy atom. The molecule has 0 spiro atoms. The van der Waals surface area contributed by atoms with Crippen LogP contribution in [-0.2, 0) is 0 Å². The van der Waals surface area contributed by atoms with Crippen LogP contribution in [0.2, 0.25) is 0 Å². The fourth-order valence-corrected chi connectivity index (χ4v) is 2.66. The lowest BCUT2D eigenvalue weighted by molar-refractivity contribution is 0.118. The number of rotatable bonds is 0. The number of nitrogens with two attached hydrogens (primary N) is 1. The first-order valence-corrected chi connectivity index (χ1v) is 4.68. The molecule has 0 bridgehead atoms. The van der Waals surface area contributed by atoms with Crippen molar-refractivity contribution >= 4 is 0 Å². The maximum absolute atomic E-state index is 6.04. The lowest BCUT2D eigenvalue weighted by Gasteiger charge is -2.41. The van der Waals surface area contributed by atoms with Gasteiger partial charge >= 0.3 is 0 Å². The van der Waals surface area contributed by atoms with Crippen molar-refractivity contribution in [1.82, 2.24) is 0 Å². The summed E-state index contributed by atoms with van der Waals surface area (Å²) < 4.78 is 0. The molecule has 0 aromatic rings. The van der Waals surface area contributed by atoms with E-state index in [2.05, 4.69) is 27.7 Å². The van der Waals surface area contributed by atoms with Gasteiger partial charge in [-0.25, -0.2) is 0 Å². The van der Waals surface area contributed by atoms with Gasteiger partial charge in [0.2, 0.25) is 0 Å². The van der Waals surface area contributed by atoms with Gasteiger partial charge in [-0.1, -0.05) is 27.7 Å². The molecule has 1 fully saturated rings. The summed E-state index contributed by atoms with van der Waals surface area (Å²) in [6.45, 7) is 9.27. The van der Waals surface area contributed by atoms with E-state index < -0.39 is 0 Å². The summed E-state index contributed by atoms with van der Waals surface area (Å²) in [5, 5.41) is 0. The lowest BCUT2D eigenvalue weighted by atomic mass is 9.66. The van der Waals surface area contributed by atoms with Crippen molar-refractivity contribution in [2.75, 3.05) is 0 Å². The quantitative estimate of drug-likeness (QED) is 0.571. The van der Waals surface area contributed by atoms with Gasteiger partial charge in [-0.15, -0.1) is 0 Å². The highest BCUT2D eigenvalue weighted by Gasteiger charge is 2.34. The fourth-order valence-electron chi connectivity index (χ4n) is 2.66. The summed E-state index contributed by atoms with van der Waals surface area (Å²) in [5.74, 6) is 1.41. The van der Waals surface area contributed by atoms with Crippen LogP contribution in [0.4, 0.5) is 0 Å². The van der Waals surface area contributed by atoms with Gasteiger partial charge in [-0.3, -0.25) is 0 Å². The van der Waals surface area contributed by atoms with Gasteiger partial charge in [-0.2, -0.15) is 0 Å². The third kappa shape index (κ3) is 1.96. The number of hydrogen-bond acceptors (Lipinski definition) is 1. The standard InChI is InChI=1S/C10H21N/c1-7-5-10(3,4)6-8(2)9(7)11/h7-9H,5-6,11H2,1-4H3. The maximum atomic E-state index is 6.04. The minimum atomic E-state index is 0.433. The van der Waals surface area contributed by atoms with E-state index in [1.54, 1.807) is 0 Å². The van der Waals surface area contributed by atoms with Gasteiger partial charge in [0.1, 0.15) is 0 Å². The van der Waals surface area contributed by atoms with E-state index in [1.165, 1.54) is 12.8 Å². The highest BCUT2D eigenvalue weighted by atomic mass is 14.7. The Morgan fingerprint density at radius 2 is 1.45 bits per heavy atom. The summed E-state index contributed by atoms with van der Waals surface area (Å²) in [5.41, 5.74) is 6.57. The van der Waals surface area contributed by atoms with E-state index in [0.29, 0.717) is 23.3 Å². The Balaban J connectivity index is 2.62. The molecule has 2 unspecified atom stereocenters. The van der Waals surface area contributed by atoms with Gasteiger partial charge in [-0.05, 0) is 30.1 Å². The summed E-state index contributed by atoms with van der Waals surface area (Å²) >= 11 is 0. The van der Waals surface area contributed by atoms with Gasteiger partial charge < -0.3 is 5.73 Å². The SMILES string of the molecule is CC1CC(C)(C)CC(C)C1N. The average Bonchev–Trinajstić information content (AvgIpc) is 1.81. The second-order valence-electron chi connectivity index (χ2n) is 5.10. The van der Waals surface area contributed by atoms with Crippen LogP contribution in [0.1, 0.15) is 40.5 Å². The zero-order chi connectivity index (χ0) is 8.65. The third-order valence-corrected chi connectivity index (χ3v) is 3.06. The molecule has 0 radical (unpaired) electrons. The van der Waals surface area contributed by atoms with E-state index in [4.69, 9.17) is 5.73 Å². The highest BCUT2D eigenvalue weighted by Crippen LogP contribution is 2.40. The molecule has 66 valence electrons. The maximum Gasteiger partial charge on any atom is 0.00907 e. The van der Waals surface area contributed by atoms with Crippen LogP contribution in [0.25, 0.3) is 0 Å². The highest BCUT2D eigenvalue weighted by molar-refractivity contribution is 4.88. The molecule has 1 aliphatic rings. The number of hydrogen-bond donors (Lipinski definition) is 1. The first-order chi connectivity index (χ1) is 4.92. The van der Waals surface area contributed by atoms with Crippen LogP contribution in [0.3, 0.4) is 0 Å². The van der Waals surface area contributed by atoms with Gasteiger partial charge in [0.25, 0.3) is 0 Å². The molecule has 0 amide bonds. The molecule has 1 nitrogen and oxygen atoms in total. The molecule has 1 saturated carbocycles. The topological polar surface area (TPSA) is 26.0 Å². The molecule has 11 heavy (non-hydrogen) atoms. The van der Waals surface area contributed by atoms with Crippen LogP contribution in [-0.4, -0.2) is 6.04 Å². The summed E-state index contributed by atoms with van der Waals surface area (Å²) in [4.78, 5) is 0. The summed E-state index contributed by atoms with van der Waals surface area (Å²) in [7, 11) is 0. The van der Waals surface area contributed by atoms with Crippen molar-refractivity contribution in [3.05, 3.63) is 0 Å².